The maximum absolute atomic E-state index is 12.6. The molecule has 126 valence electrons. The summed E-state index contributed by atoms with van der Waals surface area (Å²) in [7, 11) is 0. The van der Waals surface area contributed by atoms with E-state index in [1.54, 1.807) is 42.5 Å². The Hall–Kier alpha value is -2.34. The molecule has 0 radical (unpaired) electrons. The molecule has 1 saturated heterocycles. The van der Waals surface area contributed by atoms with E-state index in [-0.39, 0.29) is 18.0 Å². The zero-order chi connectivity index (χ0) is 16.9. The van der Waals surface area contributed by atoms with Crippen molar-refractivity contribution < 1.29 is 14.3 Å². The lowest BCUT2D eigenvalue weighted by Gasteiger charge is -2.24. The highest BCUT2D eigenvalue weighted by atomic mass is 32.1. The summed E-state index contributed by atoms with van der Waals surface area (Å²) in [5.74, 6) is -0.354. The number of urea groups is 1. The van der Waals surface area contributed by atoms with Crippen molar-refractivity contribution in [2.24, 2.45) is 0 Å². The van der Waals surface area contributed by atoms with Gasteiger partial charge < -0.3 is 15.0 Å². The minimum Gasteiger partial charge on any atom is -0.462 e. The molecule has 2 amide bonds. The Morgan fingerprint density at radius 2 is 2.08 bits per heavy atom. The van der Waals surface area contributed by atoms with E-state index in [1.165, 1.54) is 4.88 Å². The molecule has 24 heavy (non-hydrogen) atoms. The van der Waals surface area contributed by atoms with Crippen LogP contribution in [0, 0.1) is 0 Å². The van der Waals surface area contributed by atoms with E-state index in [0.717, 1.165) is 19.4 Å². The van der Waals surface area contributed by atoms with E-state index in [9.17, 15) is 9.59 Å². The molecule has 1 aliphatic heterocycles. The second-order valence-corrected chi connectivity index (χ2v) is 6.57. The number of hydrogen-bond donors (Lipinski definition) is 1. The number of benzene rings is 1. The third kappa shape index (κ3) is 3.59. The van der Waals surface area contributed by atoms with Crippen LogP contribution < -0.4 is 5.32 Å². The Balaban J connectivity index is 1.65. The number of thiophene rings is 1. The molecular weight excluding hydrogens is 324 g/mol. The van der Waals surface area contributed by atoms with E-state index in [4.69, 9.17) is 4.74 Å². The highest BCUT2D eigenvalue weighted by Crippen LogP contribution is 2.34. The fourth-order valence-corrected chi connectivity index (χ4v) is 3.76. The minimum atomic E-state index is -0.354. The third-order valence-corrected chi connectivity index (χ3v) is 5.01. The minimum absolute atomic E-state index is 0.102. The topological polar surface area (TPSA) is 58.6 Å². The molecule has 1 fully saturated rings. The summed E-state index contributed by atoms with van der Waals surface area (Å²) in [5, 5.41) is 4.95. The molecule has 2 heterocycles. The first-order valence-electron chi connectivity index (χ1n) is 8.07. The largest absolute Gasteiger partial charge is 0.462 e. The average molecular weight is 344 g/mol. The van der Waals surface area contributed by atoms with Crippen molar-refractivity contribution in [3.05, 3.63) is 52.2 Å². The van der Waals surface area contributed by atoms with Crippen LogP contribution in [-0.2, 0) is 4.74 Å². The Morgan fingerprint density at radius 1 is 1.29 bits per heavy atom. The average Bonchev–Trinajstić information content (AvgIpc) is 3.26. The van der Waals surface area contributed by atoms with E-state index in [1.807, 2.05) is 16.3 Å². The van der Waals surface area contributed by atoms with Gasteiger partial charge in [0, 0.05) is 17.1 Å². The third-order valence-electron chi connectivity index (χ3n) is 4.03. The Labute approximate surface area is 145 Å². The lowest BCUT2D eigenvalue weighted by molar-refractivity contribution is 0.0526. The van der Waals surface area contributed by atoms with Gasteiger partial charge in [-0.1, -0.05) is 6.07 Å². The highest BCUT2D eigenvalue weighted by Gasteiger charge is 2.30. The number of esters is 1. The van der Waals surface area contributed by atoms with Crippen LogP contribution in [0.25, 0.3) is 0 Å². The molecule has 3 rings (SSSR count). The van der Waals surface area contributed by atoms with Crippen LogP contribution in [0.3, 0.4) is 0 Å². The second-order valence-electron chi connectivity index (χ2n) is 5.59. The molecular formula is C18H20N2O3S. The standard InChI is InChI=1S/C18H20N2O3S/c1-2-23-17(21)13-7-9-14(10-8-13)19-18(22)20-11-3-5-15(20)16-6-4-12-24-16/h4,6-10,12,15H,2-3,5,11H2,1H3,(H,19,22)/t15-/m0/s1. The summed E-state index contributed by atoms with van der Waals surface area (Å²) < 4.78 is 4.95. The number of anilines is 1. The zero-order valence-electron chi connectivity index (χ0n) is 13.5. The van der Waals surface area contributed by atoms with Crippen LogP contribution in [0.4, 0.5) is 10.5 Å². The predicted molar refractivity (Wildman–Crippen MR) is 94.4 cm³/mol. The maximum atomic E-state index is 12.6. The van der Waals surface area contributed by atoms with Crippen LogP contribution in [0.2, 0.25) is 0 Å². The smallest absolute Gasteiger partial charge is 0.338 e. The Bertz CT molecular complexity index is 698. The summed E-state index contributed by atoms with van der Waals surface area (Å²) >= 11 is 1.68. The Morgan fingerprint density at radius 3 is 2.75 bits per heavy atom. The first kappa shape index (κ1) is 16.5. The molecule has 1 aromatic heterocycles. The number of amides is 2. The summed E-state index contributed by atoms with van der Waals surface area (Å²) in [4.78, 5) is 27.3. The van der Waals surface area contributed by atoms with Gasteiger partial charge in [-0.05, 0) is 55.5 Å². The van der Waals surface area contributed by atoms with Gasteiger partial charge in [-0.3, -0.25) is 0 Å². The molecule has 0 aliphatic carbocycles. The molecule has 0 spiro atoms. The number of rotatable bonds is 4. The fraction of sp³-hybridized carbons (Fsp3) is 0.333. The van der Waals surface area contributed by atoms with Crippen molar-refractivity contribution >= 4 is 29.0 Å². The molecule has 0 bridgehead atoms. The molecule has 1 N–H and O–H groups in total. The number of nitrogens with zero attached hydrogens (tertiary/aromatic N) is 1. The summed E-state index contributed by atoms with van der Waals surface area (Å²) in [6, 6.07) is 10.9. The Kier molecular flexibility index (Phi) is 5.15. The van der Waals surface area contributed by atoms with Crippen molar-refractivity contribution in [1.29, 1.82) is 0 Å². The molecule has 2 aromatic rings. The van der Waals surface area contributed by atoms with Gasteiger partial charge in [-0.25, -0.2) is 9.59 Å². The molecule has 5 nitrogen and oxygen atoms in total. The van der Waals surface area contributed by atoms with Crippen LogP contribution in [0.1, 0.15) is 41.0 Å². The molecule has 6 heteroatoms. The molecule has 1 atom stereocenters. The van der Waals surface area contributed by atoms with Gasteiger partial charge in [0.1, 0.15) is 0 Å². The molecule has 1 aliphatic rings. The number of likely N-dealkylation sites (tertiary alicyclic amines) is 1. The van der Waals surface area contributed by atoms with Crippen molar-refractivity contribution in [1.82, 2.24) is 4.90 Å². The van der Waals surface area contributed by atoms with Gasteiger partial charge >= 0.3 is 12.0 Å². The fourth-order valence-electron chi connectivity index (χ4n) is 2.89. The second kappa shape index (κ2) is 7.49. The first-order chi connectivity index (χ1) is 11.7. The predicted octanol–water partition coefficient (Wildman–Crippen LogP) is 4.29. The van der Waals surface area contributed by atoms with Crippen molar-refractivity contribution in [3.8, 4) is 0 Å². The van der Waals surface area contributed by atoms with Gasteiger partial charge in [-0.15, -0.1) is 11.3 Å². The zero-order valence-corrected chi connectivity index (χ0v) is 14.3. The number of ether oxygens (including phenoxy) is 1. The molecule has 0 unspecified atom stereocenters. The first-order valence-corrected chi connectivity index (χ1v) is 8.95. The van der Waals surface area contributed by atoms with Crippen molar-refractivity contribution in [3.63, 3.8) is 0 Å². The van der Waals surface area contributed by atoms with E-state index >= 15 is 0 Å². The van der Waals surface area contributed by atoms with Gasteiger partial charge in [-0.2, -0.15) is 0 Å². The molecule has 0 saturated carbocycles. The number of carbonyl (C=O) groups excluding carboxylic acids is 2. The number of hydrogen-bond acceptors (Lipinski definition) is 4. The maximum Gasteiger partial charge on any atom is 0.338 e. The van der Waals surface area contributed by atoms with Crippen LogP contribution in [-0.4, -0.2) is 30.1 Å². The van der Waals surface area contributed by atoms with Crippen molar-refractivity contribution in [2.45, 2.75) is 25.8 Å². The van der Waals surface area contributed by atoms with E-state index in [2.05, 4.69) is 11.4 Å². The summed E-state index contributed by atoms with van der Waals surface area (Å²) in [6.07, 6.45) is 2.01. The lowest BCUT2D eigenvalue weighted by atomic mass is 10.2. The van der Waals surface area contributed by atoms with E-state index < -0.39 is 0 Å². The summed E-state index contributed by atoms with van der Waals surface area (Å²) in [6.45, 7) is 2.87. The van der Waals surface area contributed by atoms with Crippen LogP contribution >= 0.6 is 11.3 Å². The van der Waals surface area contributed by atoms with E-state index in [0.29, 0.717) is 17.9 Å². The SMILES string of the molecule is CCOC(=O)c1ccc(NC(=O)N2CCC[C@H]2c2cccs2)cc1. The molecule has 1 aromatic carbocycles. The highest BCUT2D eigenvalue weighted by molar-refractivity contribution is 7.10. The van der Waals surface area contributed by atoms with Crippen LogP contribution in [0.15, 0.2) is 41.8 Å². The van der Waals surface area contributed by atoms with Gasteiger partial charge in [0.05, 0.1) is 18.2 Å². The monoisotopic (exact) mass is 344 g/mol. The van der Waals surface area contributed by atoms with Gasteiger partial charge in [0.15, 0.2) is 0 Å². The quantitative estimate of drug-likeness (QED) is 0.842. The normalized spacial score (nSPS) is 16.9. The van der Waals surface area contributed by atoms with Crippen molar-refractivity contribution in [2.75, 3.05) is 18.5 Å². The van der Waals surface area contributed by atoms with Gasteiger partial charge in [0.2, 0.25) is 0 Å². The van der Waals surface area contributed by atoms with Crippen LogP contribution in [0.5, 0.6) is 0 Å². The van der Waals surface area contributed by atoms with Gasteiger partial charge in [0.25, 0.3) is 0 Å². The summed E-state index contributed by atoms with van der Waals surface area (Å²) in [5.41, 5.74) is 1.15. The number of nitrogens with one attached hydrogen (secondary N) is 1. The lowest BCUT2D eigenvalue weighted by Crippen LogP contribution is -2.34. The number of carbonyl (C=O) groups is 2.